The van der Waals surface area contributed by atoms with Gasteiger partial charge in [0.15, 0.2) is 0 Å². The van der Waals surface area contributed by atoms with E-state index in [1.807, 2.05) is 0 Å². The number of amides is 1. The second-order valence-electron chi connectivity index (χ2n) is 4.80. The van der Waals surface area contributed by atoms with E-state index < -0.39 is 23.5 Å². The van der Waals surface area contributed by atoms with Crippen molar-refractivity contribution in [2.75, 3.05) is 13.2 Å². The highest BCUT2D eigenvalue weighted by atomic mass is 16.5. The standard InChI is InChI=1S/C11H20N2O4/c1-7(2)8(9(14)15)13-10(16)11(12)3-5-17-6-4-11/h7-8H,3-6,12H2,1-2H3,(H,13,16)(H,14,15)/t8-/m0/s1. The summed E-state index contributed by atoms with van der Waals surface area (Å²) in [7, 11) is 0. The lowest BCUT2D eigenvalue weighted by Crippen LogP contribution is -2.60. The maximum absolute atomic E-state index is 12.0. The minimum Gasteiger partial charge on any atom is -0.480 e. The van der Waals surface area contributed by atoms with Crippen molar-refractivity contribution in [3.63, 3.8) is 0 Å². The molecule has 1 saturated heterocycles. The summed E-state index contributed by atoms with van der Waals surface area (Å²) in [6.07, 6.45) is 0.840. The molecule has 6 heteroatoms. The van der Waals surface area contributed by atoms with E-state index in [1.165, 1.54) is 0 Å². The highest BCUT2D eigenvalue weighted by molar-refractivity contribution is 5.90. The number of rotatable bonds is 4. The third-order valence-electron chi connectivity index (χ3n) is 3.06. The second-order valence-corrected chi connectivity index (χ2v) is 4.80. The lowest BCUT2D eigenvalue weighted by Gasteiger charge is -2.33. The summed E-state index contributed by atoms with van der Waals surface area (Å²) in [5.41, 5.74) is 4.97. The minimum absolute atomic E-state index is 0.181. The van der Waals surface area contributed by atoms with Gasteiger partial charge in [0.2, 0.25) is 5.91 Å². The molecule has 1 amide bonds. The molecule has 1 rings (SSSR count). The monoisotopic (exact) mass is 244 g/mol. The van der Waals surface area contributed by atoms with Crippen molar-refractivity contribution in [1.82, 2.24) is 5.32 Å². The lowest BCUT2D eigenvalue weighted by atomic mass is 9.89. The molecule has 1 aliphatic heterocycles. The van der Waals surface area contributed by atoms with Crippen molar-refractivity contribution < 1.29 is 19.4 Å². The largest absolute Gasteiger partial charge is 0.480 e. The summed E-state index contributed by atoms with van der Waals surface area (Å²) in [6, 6.07) is -0.897. The maximum Gasteiger partial charge on any atom is 0.326 e. The SMILES string of the molecule is CC(C)[C@H](NC(=O)C1(N)CCOCC1)C(=O)O. The van der Waals surface area contributed by atoms with Gasteiger partial charge in [0.1, 0.15) is 6.04 Å². The van der Waals surface area contributed by atoms with Gasteiger partial charge in [0, 0.05) is 13.2 Å². The fraction of sp³-hybridized carbons (Fsp3) is 0.818. The summed E-state index contributed by atoms with van der Waals surface area (Å²) in [4.78, 5) is 23.0. The number of aliphatic carboxylic acids is 1. The highest BCUT2D eigenvalue weighted by Crippen LogP contribution is 2.18. The van der Waals surface area contributed by atoms with Crippen molar-refractivity contribution in [3.05, 3.63) is 0 Å². The van der Waals surface area contributed by atoms with Crippen LogP contribution < -0.4 is 11.1 Å². The molecular formula is C11H20N2O4. The molecule has 17 heavy (non-hydrogen) atoms. The van der Waals surface area contributed by atoms with Gasteiger partial charge in [0.25, 0.3) is 0 Å². The normalized spacial score (nSPS) is 20.9. The van der Waals surface area contributed by atoms with Gasteiger partial charge in [-0.05, 0) is 18.8 Å². The number of carbonyl (C=O) groups is 2. The number of nitrogens with two attached hydrogens (primary N) is 1. The Hall–Kier alpha value is -1.14. The van der Waals surface area contributed by atoms with Crippen LogP contribution in [-0.2, 0) is 14.3 Å². The third-order valence-corrected chi connectivity index (χ3v) is 3.06. The Labute approximate surface area is 101 Å². The fourth-order valence-electron chi connectivity index (χ4n) is 1.76. The molecule has 1 fully saturated rings. The van der Waals surface area contributed by atoms with Gasteiger partial charge < -0.3 is 20.9 Å². The molecule has 0 aromatic rings. The van der Waals surface area contributed by atoms with Crippen LogP contribution >= 0.6 is 0 Å². The number of carboxylic acids is 1. The van der Waals surface area contributed by atoms with Gasteiger partial charge in [-0.3, -0.25) is 4.79 Å². The molecule has 1 atom stereocenters. The van der Waals surface area contributed by atoms with Crippen molar-refractivity contribution in [2.24, 2.45) is 11.7 Å². The minimum atomic E-state index is -1.04. The molecule has 0 saturated carbocycles. The molecule has 6 nitrogen and oxygen atoms in total. The first-order valence-electron chi connectivity index (χ1n) is 5.77. The van der Waals surface area contributed by atoms with Crippen molar-refractivity contribution >= 4 is 11.9 Å². The second kappa shape index (κ2) is 5.46. The van der Waals surface area contributed by atoms with Gasteiger partial charge in [0.05, 0.1) is 5.54 Å². The van der Waals surface area contributed by atoms with E-state index in [1.54, 1.807) is 13.8 Å². The van der Waals surface area contributed by atoms with E-state index in [0.29, 0.717) is 26.1 Å². The van der Waals surface area contributed by atoms with E-state index in [4.69, 9.17) is 15.6 Å². The molecular weight excluding hydrogens is 224 g/mol. The molecule has 0 unspecified atom stereocenters. The van der Waals surface area contributed by atoms with Crippen molar-refractivity contribution in [3.8, 4) is 0 Å². The molecule has 0 aliphatic carbocycles. The highest BCUT2D eigenvalue weighted by Gasteiger charge is 2.38. The van der Waals surface area contributed by atoms with Crippen LogP contribution in [0.4, 0.5) is 0 Å². The Bertz CT molecular complexity index is 298. The zero-order chi connectivity index (χ0) is 13.1. The van der Waals surface area contributed by atoms with Gasteiger partial charge >= 0.3 is 5.97 Å². The maximum atomic E-state index is 12.0. The first-order chi connectivity index (χ1) is 7.87. The Morgan fingerprint density at radius 3 is 2.29 bits per heavy atom. The van der Waals surface area contributed by atoms with Crippen molar-refractivity contribution in [1.29, 1.82) is 0 Å². The summed E-state index contributed by atoms with van der Waals surface area (Å²) < 4.78 is 5.14. The summed E-state index contributed by atoms with van der Waals surface area (Å²) in [5.74, 6) is -1.62. The molecule has 0 radical (unpaired) electrons. The van der Waals surface area contributed by atoms with E-state index >= 15 is 0 Å². The molecule has 98 valence electrons. The van der Waals surface area contributed by atoms with Crippen LogP contribution in [0.5, 0.6) is 0 Å². The van der Waals surface area contributed by atoms with Crippen LogP contribution in [0.3, 0.4) is 0 Å². The smallest absolute Gasteiger partial charge is 0.326 e. The van der Waals surface area contributed by atoms with Crippen molar-refractivity contribution in [2.45, 2.75) is 38.3 Å². The predicted molar refractivity (Wildman–Crippen MR) is 61.4 cm³/mol. The van der Waals surface area contributed by atoms with E-state index in [2.05, 4.69) is 5.32 Å². The predicted octanol–water partition coefficient (Wildman–Crippen LogP) is -0.280. The molecule has 1 aliphatic rings. The summed E-state index contributed by atoms with van der Waals surface area (Å²) in [5, 5.41) is 11.5. The number of carboxylic acid groups (broad SMARTS) is 1. The first kappa shape index (κ1) is 13.9. The molecule has 0 aromatic carbocycles. The number of nitrogens with one attached hydrogen (secondary N) is 1. The Morgan fingerprint density at radius 1 is 1.35 bits per heavy atom. The van der Waals surface area contributed by atoms with Gasteiger partial charge in [-0.15, -0.1) is 0 Å². The molecule has 0 bridgehead atoms. The molecule has 4 N–H and O–H groups in total. The van der Waals surface area contributed by atoms with E-state index in [0.717, 1.165) is 0 Å². The van der Waals surface area contributed by atoms with E-state index in [9.17, 15) is 9.59 Å². The summed E-state index contributed by atoms with van der Waals surface area (Å²) in [6.45, 7) is 4.35. The zero-order valence-corrected chi connectivity index (χ0v) is 10.2. The topological polar surface area (TPSA) is 102 Å². The Kier molecular flexibility index (Phi) is 4.47. The van der Waals surface area contributed by atoms with Crippen LogP contribution in [0, 0.1) is 5.92 Å². The van der Waals surface area contributed by atoms with Crippen LogP contribution in [0.2, 0.25) is 0 Å². The number of carbonyl (C=O) groups excluding carboxylic acids is 1. The number of hydrogen-bond donors (Lipinski definition) is 3. The van der Waals surface area contributed by atoms with Gasteiger partial charge in [-0.2, -0.15) is 0 Å². The van der Waals surface area contributed by atoms with Crippen LogP contribution in [0.1, 0.15) is 26.7 Å². The van der Waals surface area contributed by atoms with Crippen LogP contribution in [-0.4, -0.2) is 41.8 Å². The number of ether oxygens (including phenoxy) is 1. The lowest BCUT2D eigenvalue weighted by molar-refractivity contribution is -0.144. The van der Waals surface area contributed by atoms with Gasteiger partial charge in [-0.25, -0.2) is 4.79 Å². The Balaban J connectivity index is 2.66. The quantitative estimate of drug-likeness (QED) is 0.631. The fourth-order valence-corrected chi connectivity index (χ4v) is 1.76. The van der Waals surface area contributed by atoms with Crippen LogP contribution in [0.25, 0.3) is 0 Å². The average Bonchev–Trinajstić information content (AvgIpc) is 2.25. The van der Waals surface area contributed by atoms with E-state index in [-0.39, 0.29) is 5.92 Å². The third kappa shape index (κ3) is 3.41. The first-order valence-corrected chi connectivity index (χ1v) is 5.77. The Morgan fingerprint density at radius 2 is 1.88 bits per heavy atom. The molecule has 0 aromatic heterocycles. The molecule has 1 heterocycles. The number of hydrogen-bond acceptors (Lipinski definition) is 4. The van der Waals surface area contributed by atoms with Gasteiger partial charge in [-0.1, -0.05) is 13.8 Å². The van der Waals surface area contributed by atoms with Crippen LogP contribution in [0.15, 0.2) is 0 Å². The zero-order valence-electron chi connectivity index (χ0n) is 10.2. The summed E-state index contributed by atoms with van der Waals surface area (Å²) >= 11 is 0. The average molecular weight is 244 g/mol. The molecule has 0 spiro atoms.